The molecule has 0 atom stereocenters. The van der Waals surface area contributed by atoms with E-state index in [9.17, 15) is 13.2 Å². The van der Waals surface area contributed by atoms with Gasteiger partial charge in [-0.3, -0.25) is 9.52 Å². The molecule has 0 fully saturated rings. The maximum atomic E-state index is 12.6. The van der Waals surface area contributed by atoms with Gasteiger partial charge in [-0.1, -0.05) is 35.9 Å². The summed E-state index contributed by atoms with van der Waals surface area (Å²) in [7, 11) is -3.80. The lowest BCUT2D eigenvalue weighted by Crippen LogP contribution is -2.15. The Labute approximate surface area is 163 Å². The van der Waals surface area contributed by atoms with Crippen LogP contribution in [-0.4, -0.2) is 14.3 Å². The van der Waals surface area contributed by atoms with Crippen molar-refractivity contribution in [3.63, 3.8) is 0 Å². The molecule has 0 aliphatic carbocycles. The lowest BCUT2D eigenvalue weighted by atomic mass is 10.1. The van der Waals surface area contributed by atoms with Crippen LogP contribution in [0.15, 0.2) is 77.7 Å². The molecule has 2 N–H and O–H groups in total. The predicted molar refractivity (Wildman–Crippen MR) is 108 cm³/mol. The van der Waals surface area contributed by atoms with Gasteiger partial charge < -0.3 is 5.32 Å². The van der Waals surface area contributed by atoms with Crippen molar-refractivity contribution in [3.05, 3.63) is 88.9 Å². The van der Waals surface area contributed by atoms with E-state index in [-0.39, 0.29) is 10.8 Å². The van der Waals surface area contributed by atoms with Gasteiger partial charge >= 0.3 is 0 Å². The van der Waals surface area contributed by atoms with Gasteiger partial charge in [-0.2, -0.15) is 0 Å². The largest absolute Gasteiger partial charge is 0.322 e. The third-order valence-electron chi connectivity index (χ3n) is 3.89. The maximum Gasteiger partial charge on any atom is 0.261 e. The Balaban J connectivity index is 1.81. The minimum atomic E-state index is -3.80. The zero-order chi connectivity index (χ0) is 19.4. The Morgan fingerprint density at radius 3 is 2.30 bits per heavy atom. The van der Waals surface area contributed by atoms with Crippen molar-refractivity contribution < 1.29 is 13.2 Å². The average Bonchev–Trinajstić information content (AvgIpc) is 2.64. The summed E-state index contributed by atoms with van der Waals surface area (Å²) < 4.78 is 27.7. The SMILES string of the molecule is Cc1ccccc1C(=O)Nc1cccc(S(=O)(=O)Nc2ccc(Cl)cc2)c1. The number of hydrogen-bond acceptors (Lipinski definition) is 3. The Kier molecular flexibility index (Phi) is 5.48. The van der Waals surface area contributed by atoms with Gasteiger partial charge in [0.25, 0.3) is 15.9 Å². The van der Waals surface area contributed by atoms with Crippen molar-refractivity contribution in [1.82, 2.24) is 0 Å². The first-order valence-electron chi connectivity index (χ1n) is 8.10. The summed E-state index contributed by atoms with van der Waals surface area (Å²) in [5.41, 5.74) is 2.16. The van der Waals surface area contributed by atoms with E-state index in [0.717, 1.165) is 5.56 Å². The van der Waals surface area contributed by atoms with Gasteiger partial charge in [-0.25, -0.2) is 8.42 Å². The van der Waals surface area contributed by atoms with Crippen LogP contribution < -0.4 is 10.0 Å². The van der Waals surface area contributed by atoms with E-state index < -0.39 is 10.0 Å². The molecule has 0 aliphatic rings. The summed E-state index contributed by atoms with van der Waals surface area (Å²) in [6.07, 6.45) is 0. The van der Waals surface area contributed by atoms with Gasteiger partial charge in [0.1, 0.15) is 0 Å². The van der Waals surface area contributed by atoms with Crippen LogP contribution in [0.2, 0.25) is 5.02 Å². The van der Waals surface area contributed by atoms with Gasteiger partial charge in [-0.15, -0.1) is 0 Å². The van der Waals surface area contributed by atoms with E-state index in [4.69, 9.17) is 11.6 Å². The number of carbonyl (C=O) groups is 1. The zero-order valence-electron chi connectivity index (χ0n) is 14.4. The molecule has 0 saturated heterocycles. The molecular weight excluding hydrogens is 384 g/mol. The fraction of sp³-hybridized carbons (Fsp3) is 0.0500. The minimum Gasteiger partial charge on any atom is -0.322 e. The molecule has 3 aromatic carbocycles. The van der Waals surface area contributed by atoms with Gasteiger partial charge in [-0.05, 0) is 61.0 Å². The second kappa shape index (κ2) is 7.82. The molecule has 0 aliphatic heterocycles. The van der Waals surface area contributed by atoms with Crippen LogP contribution >= 0.6 is 11.6 Å². The summed E-state index contributed by atoms with van der Waals surface area (Å²) in [6.45, 7) is 1.84. The van der Waals surface area contributed by atoms with Gasteiger partial charge in [0.05, 0.1) is 4.90 Å². The molecule has 1 amide bonds. The van der Waals surface area contributed by atoms with Crippen LogP contribution in [0.5, 0.6) is 0 Å². The highest BCUT2D eigenvalue weighted by atomic mass is 35.5. The molecule has 7 heteroatoms. The Morgan fingerprint density at radius 1 is 0.889 bits per heavy atom. The minimum absolute atomic E-state index is 0.0417. The average molecular weight is 401 g/mol. The molecule has 3 rings (SSSR count). The smallest absolute Gasteiger partial charge is 0.261 e. The van der Waals surface area contributed by atoms with Crippen molar-refractivity contribution in [1.29, 1.82) is 0 Å². The molecule has 27 heavy (non-hydrogen) atoms. The molecular formula is C20H17ClN2O3S. The third kappa shape index (κ3) is 4.67. The standard InChI is InChI=1S/C20H17ClN2O3S/c1-14-5-2-3-8-19(14)20(24)22-17-6-4-7-18(13-17)27(25,26)23-16-11-9-15(21)10-12-16/h2-13,23H,1H3,(H,22,24). The van der Waals surface area contributed by atoms with Crippen molar-refractivity contribution in [2.75, 3.05) is 10.0 Å². The molecule has 0 radical (unpaired) electrons. The summed E-state index contributed by atoms with van der Waals surface area (Å²) in [5.74, 6) is -0.298. The topological polar surface area (TPSA) is 75.3 Å². The first-order valence-corrected chi connectivity index (χ1v) is 9.97. The van der Waals surface area contributed by atoms with E-state index in [1.807, 2.05) is 19.1 Å². The van der Waals surface area contributed by atoms with Crippen molar-refractivity contribution in [2.24, 2.45) is 0 Å². The second-order valence-electron chi connectivity index (χ2n) is 5.91. The highest BCUT2D eigenvalue weighted by molar-refractivity contribution is 7.92. The lowest BCUT2D eigenvalue weighted by Gasteiger charge is -2.11. The number of nitrogens with one attached hydrogen (secondary N) is 2. The first-order chi connectivity index (χ1) is 12.8. The molecule has 0 unspecified atom stereocenters. The number of benzene rings is 3. The van der Waals surface area contributed by atoms with Gasteiger partial charge in [0, 0.05) is 22.0 Å². The normalized spacial score (nSPS) is 11.0. The fourth-order valence-electron chi connectivity index (χ4n) is 2.50. The van der Waals surface area contributed by atoms with Crippen LogP contribution in [-0.2, 0) is 10.0 Å². The van der Waals surface area contributed by atoms with Crippen LogP contribution in [0.4, 0.5) is 11.4 Å². The number of sulfonamides is 1. The van der Waals surface area contributed by atoms with Crippen molar-refractivity contribution in [3.8, 4) is 0 Å². The van der Waals surface area contributed by atoms with E-state index in [1.54, 1.807) is 48.5 Å². The molecule has 0 bridgehead atoms. The van der Waals surface area contributed by atoms with Gasteiger partial charge in [0.15, 0.2) is 0 Å². The number of hydrogen-bond donors (Lipinski definition) is 2. The van der Waals surface area contributed by atoms with Crippen LogP contribution in [0.3, 0.4) is 0 Å². The summed E-state index contributed by atoms with van der Waals surface area (Å²) in [6, 6.07) is 19.6. The number of rotatable bonds is 5. The summed E-state index contributed by atoms with van der Waals surface area (Å²) in [5, 5.41) is 3.25. The van der Waals surface area contributed by atoms with Crippen LogP contribution in [0.1, 0.15) is 15.9 Å². The van der Waals surface area contributed by atoms with E-state index in [1.165, 1.54) is 12.1 Å². The lowest BCUT2D eigenvalue weighted by molar-refractivity contribution is 0.102. The molecule has 5 nitrogen and oxygen atoms in total. The monoisotopic (exact) mass is 400 g/mol. The van der Waals surface area contributed by atoms with E-state index >= 15 is 0 Å². The molecule has 0 saturated carbocycles. The molecule has 0 heterocycles. The summed E-state index contributed by atoms with van der Waals surface area (Å²) >= 11 is 5.81. The highest BCUT2D eigenvalue weighted by Gasteiger charge is 2.16. The maximum absolute atomic E-state index is 12.6. The number of halogens is 1. The van der Waals surface area contributed by atoms with Crippen LogP contribution in [0, 0.1) is 6.92 Å². The number of aryl methyl sites for hydroxylation is 1. The Hall–Kier alpha value is -2.83. The number of amides is 1. The first kappa shape index (κ1) is 18.9. The summed E-state index contributed by atoms with van der Waals surface area (Å²) in [4.78, 5) is 12.5. The van der Waals surface area contributed by atoms with Crippen LogP contribution in [0.25, 0.3) is 0 Å². The Morgan fingerprint density at radius 2 is 1.59 bits per heavy atom. The van der Waals surface area contributed by atoms with Gasteiger partial charge in [0.2, 0.25) is 0 Å². The number of carbonyl (C=O) groups excluding carboxylic acids is 1. The second-order valence-corrected chi connectivity index (χ2v) is 8.03. The predicted octanol–water partition coefficient (Wildman–Crippen LogP) is 4.70. The quantitative estimate of drug-likeness (QED) is 0.651. The van der Waals surface area contributed by atoms with Crippen molar-refractivity contribution in [2.45, 2.75) is 11.8 Å². The van der Waals surface area contributed by atoms with E-state index in [2.05, 4.69) is 10.0 Å². The molecule has 3 aromatic rings. The fourth-order valence-corrected chi connectivity index (χ4v) is 3.73. The molecule has 138 valence electrons. The van der Waals surface area contributed by atoms with E-state index in [0.29, 0.717) is 22.0 Å². The Bertz CT molecular complexity index is 1080. The highest BCUT2D eigenvalue weighted by Crippen LogP contribution is 2.21. The molecule has 0 spiro atoms. The zero-order valence-corrected chi connectivity index (χ0v) is 16.0. The molecule has 0 aromatic heterocycles. The van der Waals surface area contributed by atoms with Crippen molar-refractivity contribution >= 4 is 38.9 Å². The number of anilines is 2. The third-order valence-corrected chi connectivity index (χ3v) is 5.52.